The van der Waals surface area contributed by atoms with Gasteiger partial charge in [-0.25, -0.2) is 0 Å². The van der Waals surface area contributed by atoms with E-state index in [0.29, 0.717) is 25.1 Å². The zero-order valence-corrected chi connectivity index (χ0v) is 14.9. The van der Waals surface area contributed by atoms with Crippen LogP contribution in [-0.2, 0) is 19.1 Å². The minimum atomic E-state index is -0.947. The molecule has 1 aromatic carbocycles. The monoisotopic (exact) mass is 347 g/mol. The highest BCUT2D eigenvalue weighted by atomic mass is 16.7. The molecule has 2 rings (SSSR count). The first-order valence-corrected chi connectivity index (χ1v) is 8.38. The van der Waals surface area contributed by atoms with E-state index in [1.807, 2.05) is 19.1 Å². The molecule has 0 unspecified atom stereocenters. The molecule has 0 bridgehead atoms. The molecule has 136 valence electrons. The zero-order valence-electron chi connectivity index (χ0n) is 14.9. The Morgan fingerprint density at radius 3 is 2.24 bits per heavy atom. The second kappa shape index (κ2) is 9.34. The summed E-state index contributed by atoms with van der Waals surface area (Å²) in [6, 6.07) is 7.17. The number of allylic oxidation sites excluding steroid dienone is 2. The summed E-state index contributed by atoms with van der Waals surface area (Å²) in [4.78, 5) is 25.2. The van der Waals surface area contributed by atoms with Crippen LogP contribution in [-0.4, -0.2) is 38.8 Å². The third kappa shape index (κ3) is 4.90. The number of amides is 1. The number of ketones is 1. The van der Waals surface area contributed by atoms with Gasteiger partial charge >= 0.3 is 0 Å². The highest BCUT2D eigenvalue weighted by Crippen LogP contribution is 2.29. The summed E-state index contributed by atoms with van der Waals surface area (Å²) in [7, 11) is 2.83. The number of Topliss-reactive ketones (excluding diaryl/α,β-unsaturated/α-hetero) is 1. The number of anilines is 1. The average Bonchev–Trinajstić information content (AvgIpc) is 2.64. The van der Waals surface area contributed by atoms with Crippen LogP contribution in [0.1, 0.15) is 19.8 Å². The van der Waals surface area contributed by atoms with E-state index in [0.717, 1.165) is 5.75 Å². The largest absolute Gasteiger partial charge is 0.494 e. The van der Waals surface area contributed by atoms with Crippen molar-refractivity contribution in [3.05, 3.63) is 36.4 Å². The van der Waals surface area contributed by atoms with E-state index in [1.165, 1.54) is 14.2 Å². The molecule has 25 heavy (non-hydrogen) atoms. The minimum absolute atomic E-state index is 0.183. The number of rotatable bonds is 8. The van der Waals surface area contributed by atoms with Gasteiger partial charge in [0, 0.05) is 25.8 Å². The predicted octanol–water partition coefficient (Wildman–Crippen LogP) is 2.79. The molecule has 0 aromatic heterocycles. The van der Waals surface area contributed by atoms with E-state index >= 15 is 0 Å². The lowest BCUT2D eigenvalue weighted by Gasteiger charge is -2.28. The van der Waals surface area contributed by atoms with E-state index in [4.69, 9.17) is 14.2 Å². The van der Waals surface area contributed by atoms with Crippen molar-refractivity contribution in [1.29, 1.82) is 0 Å². The van der Waals surface area contributed by atoms with Crippen molar-refractivity contribution in [2.45, 2.75) is 26.1 Å². The topological polar surface area (TPSA) is 73.9 Å². The van der Waals surface area contributed by atoms with Gasteiger partial charge in [0.15, 0.2) is 5.78 Å². The molecule has 2 atom stereocenters. The van der Waals surface area contributed by atoms with Gasteiger partial charge in [-0.3, -0.25) is 9.59 Å². The van der Waals surface area contributed by atoms with Gasteiger partial charge in [-0.05, 0) is 44.0 Å². The maximum absolute atomic E-state index is 12.7. The third-order valence-electron chi connectivity index (χ3n) is 4.23. The third-order valence-corrected chi connectivity index (χ3v) is 4.23. The summed E-state index contributed by atoms with van der Waals surface area (Å²) in [5.41, 5.74) is 0.671. The molecule has 0 spiro atoms. The first-order valence-electron chi connectivity index (χ1n) is 8.38. The van der Waals surface area contributed by atoms with Crippen molar-refractivity contribution in [3.8, 4) is 5.75 Å². The molecule has 1 aliphatic rings. The molecule has 1 N–H and O–H groups in total. The van der Waals surface area contributed by atoms with Crippen LogP contribution >= 0.6 is 0 Å². The first kappa shape index (κ1) is 19.1. The quantitative estimate of drug-likeness (QED) is 0.578. The first-order chi connectivity index (χ1) is 12.1. The van der Waals surface area contributed by atoms with Crippen LogP contribution in [0.5, 0.6) is 5.75 Å². The summed E-state index contributed by atoms with van der Waals surface area (Å²) in [5.74, 6) is -0.550. The van der Waals surface area contributed by atoms with Crippen LogP contribution in [0.2, 0.25) is 0 Å². The van der Waals surface area contributed by atoms with Gasteiger partial charge in [-0.15, -0.1) is 0 Å². The number of carbonyl (C=O) groups is 2. The molecular formula is C19H25NO5. The van der Waals surface area contributed by atoms with Gasteiger partial charge in [-0.2, -0.15) is 0 Å². The van der Waals surface area contributed by atoms with E-state index in [9.17, 15) is 9.59 Å². The van der Waals surface area contributed by atoms with E-state index < -0.39 is 18.1 Å². The van der Waals surface area contributed by atoms with Crippen LogP contribution in [0.3, 0.4) is 0 Å². The number of hydrogen-bond donors (Lipinski definition) is 1. The molecular weight excluding hydrogens is 322 g/mol. The molecule has 0 saturated carbocycles. The Bertz CT molecular complexity index is 607. The van der Waals surface area contributed by atoms with E-state index in [-0.39, 0.29) is 11.7 Å². The SMILES string of the molecule is CCOc1ccc(NC(=O)[C@H]2CC=CC[C@@H]2C(=O)C(OC)OC)cc1. The number of nitrogens with one attached hydrogen (secondary N) is 1. The fourth-order valence-electron chi connectivity index (χ4n) is 2.96. The molecule has 0 radical (unpaired) electrons. The lowest BCUT2D eigenvalue weighted by atomic mass is 9.79. The van der Waals surface area contributed by atoms with Gasteiger partial charge < -0.3 is 19.5 Å². The summed E-state index contributed by atoms with van der Waals surface area (Å²) in [5, 5.41) is 2.88. The van der Waals surface area contributed by atoms with Crippen molar-refractivity contribution in [3.63, 3.8) is 0 Å². The molecule has 6 nitrogen and oxygen atoms in total. The van der Waals surface area contributed by atoms with Crippen molar-refractivity contribution in [1.82, 2.24) is 0 Å². The highest BCUT2D eigenvalue weighted by molar-refractivity contribution is 5.97. The Morgan fingerprint density at radius 2 is 1.68 bits per heavy atom. The number of ether oxygens (including phenoxy) is 3. The number of benzene rings is 1. The predicted molar refractivity (Wildman–Crippen MR) is 94.4 cm³/mol. The molecule has 1 aromatic rings. The molecule has 0 fully saturated rings. The number of carbonyl (C=O) groups excluding carboxylic acids is 2. The normalized spacial score (nSPS) is 19.7. The lowest BCUT2D eigenvalue weighted by Crippen LogP contribution is -2.40. The van der Waals surface area contributed by atoms with Gasteiger partial charge in [0.1, 0.15) is 5.75 Å². The molecule has 0 aliphatic heterocycles. The molecule has 0 saturated heterocycles. The molecule has 1 aliphatic carbocycles. The Kier molecular flexibility index (Phi) is 7.16. The molecule has 1 amide bonds. The second-order valence-corrected chi connectivity index (χ2v) is 5.81. The van der Waals surface area contributed by atoms with Crippen LogP contribution in [0.4, 0.5) is 5.69 Å². The smallest absolute Gasteiger partial charge is 0.228 e. The zero-order chi connectivity index (χ0) is 18.2. The Balaban J connectivity index is 2.07. The van der Waals surface area contributed by atoms with Crippen molar-refractivity contribution in [2.24, 2.45) is 11.8 Å². The van der Waals surface area contributed by atoms with E-state index in [1.54, 1.807) is 24.3 Å². The van der Waals surface area contributed by atoms with Crippen LogP contribution in [0.25, 0.3) is 0 Å². The Labute approximate surface area is 148 Å². The minimum Gasteiger partial charge on any atom is -0.494 e. The van der Waals surface area contributed by atoms with Gasteiger partial charge in [0.25, 0.3) is 0 Å². The van der Waals surface area contributed by atoms with Crippen LogP contribution in [0, 0.1) is 11.8 Å². The summed E-state index contributed by atoms with van der Waals surface area (Å²) in [6.07, 6.45) is 3.92. The number of methoxy groups -OCH3 is 2. The van der Waals surface area contributed by atoms with Crippen molar-refractivity contribution < 1.29 is 23.8 Å². The molecule has 6 heteroatoms. The maximum Gasteiger partial charge on any atom is 0.228 e. The van der Waals surface area contributed by atoms with Gasteiger partial charge in [-0.1, -0.05) is 12.2 Å². The van der Waals surface area contributed by atoms with Crippen LogP contribution in [0.15, 0.2) is 36.4 Å². The number of hydrogen-bond acceptors (Lipinski definition) is 5. The Hall–Kier alpha value is -2.18. The summed E-state index contributed by atoms with van der Waals surface area (Å²) < 4.78 is 15.5. The standard InChI is InChI=1S/C19H25NO5/c1-4-25-14-11-9-13(10-12-14)20-18(22)16-8-6-5-7-15(16)17(21)19(23-2)24-3/h5-6,9-12,15-16,19H,4,7-8H2,1-3H3,(H,20,22)/t15-,16-/m0/s1. The van der Waals surface area contributed by atoms with Crippen molar-refractivity contribution in [2.75, 3.05) is 26.1 Å². The van der Waals surface area contributed by atoms with Crippen molar-refractivity contribution >= 4 is 17.4 Å². The maximum atomic E-state index is 12.7. The Morgan fingerprint density at radius 1 is 1.08 bits per heavy atom. The molecule has 0 heterocycles. The van der Waals surface area contributed by atoms with Gasteiger partial charge in [0.2, 0.25) is 12.2 Å². The fourth-order valence-corrected chi connectivity index (χ4v) is 2.96. The summed E-state index contributed by atoms with van der Waals surface area (Å²) >= 11 is 0. The van der Waals surface area contributed by atoms with Gasteiger partial charge in [0.05, 0.1) is 12.5 Å². The van der Waals surface area contributed by atoms with Crippen LogP contribution < -0.4 is 10.1 Å². The second-order valence-electron chi connectivity index (χ2n) is 5.81. The van der Waals surface area contributed by atoms with E-state index in [2.05, 4.69) is 5.32 Å². The average molecular weight is 347 g/mol. The fraction of sp³-hybridized carbons (Fsp3) is 0.474. The lowest BCUT2D eigenvalue weighted by molar-refractivity contribution is -0.163. The summed E-state index contributed by atoms with van der Waals surface area (Å²) in [6.45, 7) is 2.50. The highest BCUT2D eigenvalue weighted by Gasteiger charge is 2.37.